The lowest BCUT2D eigenvalue weighted by molar-refractivity contribution is 0.102. The van der Waals surface area contributed by atoms with Gasteiger partial charge in [-0.3, -0.25) is 9.10 Å². The number of sulfonamides is 2. The van der Waals surface area contributed by atoms with Gasteiger partial charge in [-0.2, -0.15) is 4.31 Å². The van der Waals surface area contributed by atoms with E-state index < -0.39 is 20.0 Å². The lowest BCUT2D eigenvalue weighted by Gasteiger charge is -2.19. The summed E-state index contributed by atoms with van der Waals surface area (Å²) in [7, 11) is -5.48. The van der Waals surface area contributed by atoms with E-state index in [9.17, 15) is 21.6 Å². The van der Waals surface area contributed by atoms with Crippen molar-refractivity contribution >= 4 is 37.3 Å². The van der Waals surface area contributed by atoms with Gasteiger partial charge in [0.2, 0.25) is 20.0 Å². The van der Waals surface area contributed by atoms with Crippen LogP contribution in [-0.4, -0.2) is 52.9 Å². The van der Waals surface area contributed by atoms with Gasteiger partial charge in [0.15, 0.2) is 0 Å². The van der Waals surface area contributed by atoms with Crippen molar-refractivity contribution in [2.45, 2.75) is 25.7 Å². The summed E-state index contributed by atoms with van der Waals surface area (Å²) in [6.45, 7) is 5.86. The van der Waals surface area contributed by atoms with Crippen LogP contribution in [0, 0.1) is 0 Å². The molecule has 164 valence electrons. The van der Waals surface area contributed by atoms with Gasteiger partial charge >= 0.3 is 0 Å². The number of amides is 1. The highest BCUT2D eigenvalue weighted by Crippen LogP contribution is 2.20. The highest BCUT2D eigenvalue weighted by molar-refractivity contribution is 7.92. The van der Waals surface area contributed by atoms with Gasteiger partial charge in [-0.1, -0.05) is 13.8 Å². The Morgan fingerprint density at radius 3 is 1.87 bits per heavy atom. The van der Waals surface area contributed by atoms with E-state index in [0.29, 0.717) is 30.0 Å². The number of carbonyl (C=O) groups is 1. The summed E-state index contributed by atoms with van der Waals surface area (Å²) in [5.41, 5.74) is 1.26. The average Bonchev–Trinajstić information content (AvgIpc) is 2.74. The minimum absolute atomic E-state index is 0.0221. The van der Waals surface area contributed by atoms with Crippen LogP contribution < -0.4 is 9.62 Å². The summed E-state index contributed by atoms with van der Waals surface area (Å²) < 4.78 is 51.4. The van der Waals surface area contributed by atoms with Crippen molar-refractivity contribution in [3.63, 3.8) is 0 Å². The number of rotatable bonds is 9. The van der Waals surface area contributed by atoms with Crippen molar-refractivity contribution in [2.24, 2.45) is 0 Å². The molecule has 1 N–H and O–H groups in total. The number of nitrogens with one attached hydrogen (secondary N) is 1. The molecule has 2 aromatic carbocycles. The van der Waals surface area contributed by atoms with Crippen molar-refractivity contribution in [1.29, 1.82) is 0 Å². The molecule has 30 heavy (non-hydrogen) atoms. The summed E-state index contributed by atoms with van der Waals surface area (Å²) in [6.07, 6.45) is 0. The lowest BCUT2D eigenvalue weighted by Crippen LogP contribution is -2.30. The maximum atomic E-state index is 12.5. The monoisotopic (exact) mass is 453 g/mol. The molecule has 0 aliphatic heterocycles. The fourth-order valence-corrected chi connectivity index (χ4v) is 5.09. The number of carbonyl (C=O) groups excluding carboxylic acids is 1. The second-order valence-corrected chi connectivity index (χ2v) is 10.7. The second kappa shape index (κ2) is 9.59. The van der Waals surface area contributed by atoms with Crippen molar-refractivity contribution in [3.05, 3.63) is 54.1 Å². The van der Waals surface area contributed by atoms with E-state index in [0.717, 1.165) is 0 Å². The highest BCUT2D eigenvalue weighted by atomic mass is 32.2. The van der Waals surface area contributed by atoms with E-state index >= 15 is 0 Å². The second-order valence-electron chi connectivity index (χ2n) is 6.48. The predicted molar refractivity (Wildman–Crippen MR) is 119 cm³/mol. The molecular formula is C20H27N3O5S2. The molecule has 10 heteroatoms. The summed E-state index contributed by atoms with van der Waals surface area (Å²) >= 11 is 0. The van der Waals surface area contributed by atoms with Crippen LogP contribution in [0.3, 0.4) is 0 Å². The Bertz CT molecular complexity index is 1080. The minimum atomic E-state index is -3.56. The first-order valence-electron chi connectivity index (χ1n) is 9.55. The van der Waals surface area contributed by atoms with Gasteiger partial charge < -0.3 is 5.32 Å². The van der Waals surface area contributed by atoms with E-state index in [4.69, 9.17) is 0 Å². The molecule has 2 aromatic rings. The van der Waals surface area contributed by atoms with Crippen LogP contribution in [0.4, 0.5) is 11.4 Å². The maximum Gasteiger partial charge on any atom is 0.255 e. The van der Waals surface area contributed by atoms with Crippen LogP contribution in [0.15, 0.2) is 53.4 Å². The van der Waals surface area contributed by atoms with Gasteiger partial charge in [0.1, 0.15) is 0 Å². The van der Waals surface area contributed by atoms with Crippen LogP contribution in [0.2, 0.25) is 0 Å². The van der Waals surface area contributed by atoms with E-state index in [-0.39, 0.29) is 16.6 Å². The van der Waals surface area contributed by atoms with E-state index in [1.54, 1.807) is 32.9 Å². The van der Waals surface area contributed by atoms with Gasteiger partial charge in [-0.25, -0.2) is 16.8 Å². The van der Waals surface area contributed by atoms with E-state index in [1.807, 2.05) is 0 Å². The summed E-state index contributed by atoms with van der Waals surface area (Å²) in [6, 6.07) is 12.2. The Kier molecular flexibility index (Phi) is 7.62. The molecule has 0 radical (unpaired) electrons. The summed E-state index contributed by atoms with van der Waals surface area (Å²) in [5.74, 6) is -0.409. The number of benzene rings is 2. The van der Waals surface area contributed by atoms with E-state index in [2.05, 4.69) is 5.32 Å². The SMILES string of the molecule is CCN(CC)S(=O)(=O)c1ccc(NC(=O)c2ccc(N(C)S(=O)(=O)CC)cc2)cc1. The van der Waals surface area contributed by atoms with Crippen LogP contribution in [0.5, 0.6) is 0 Å². The number of anilines is 2. The zero-order chi connectivity index (χ0) is 22.5. The molecule has 8 nitrogen and oxygen atoms in total. The molecule has 1 amide bonds. The largest absolute Gasteiger partial charge is 0.322 e. The first-order valence-corrected chi connectivity index (χ1v) is 12.6. The predicted octanol–water partition coefficient (Wildman–Crippen LogP) is 2.76. The zero-order valence-corrected chi connectivity index (χ0v) is 19.1. The fraction of sp³-hybridized carbons (Fsp3) is 0.350. The summed E-state index contributed by atoms with van der Waals surface area (Å²) in [4.78, 5) is 12.6. The average molecular weight is 454 g/mol. The normalized spacial score (nSPS) is 12.0. The topological polar surface area (TPSA) is 104 Å². The molecule has 0 fully saturated rings. The van der Waals surface area contributed by atoms with Gasteiger partial charge in [0.25, 0.3) is 5.91 Å². The van der Waals surface area contributed by atoms with Crippen molar-refractivity contribution < 1.29 is 21.6 Å². The van der Waals surface area contributed by atoms with Crippen molar-refractivity contribution in [3.8, 4) is 0 Å². The smallest absolute Gasteiger partial charge is 0.255 e. The quantitative estimate of drug-likeness (QED) is 0.629. The first kappa shape index (κ1) is 23.8. The molecule has 0 aliphatic rings. The Balaban J connectivity index is 2.13. The molecular weight excluding hydrogens is 426 g/mol. The number of hydrogen-bond donors (Lipinski definition) is 1. The van der Waals surface area contributed by atoms with Crippen LogP contribution in [-0.2, 0) is 20.0 Å². The molecule has 2 rings (SSSR count). The Labute approximate surface area is 178 Å². The molecule has 0 aromatic heterocycles. The molecule has 0 spiro atoms. The highest BCUT2D eigenvalue weighted by Gasteiger charge is 2.21. The molecule has 0 aliphatic carbocycles. The van der Waals surface area contributed by atoms with E-state index in [1.165, 1.54) is 52.1 Å². The zero-order valence-electron chi connectivity index (χ0n) is 17.5. The van der Waals surface area contributed by atoms with Gasteiger partial charge in [0.05, 0.1) is 16.3 Å². The Morgan fingerprint density at radius 2 is 1.40 bits per heavy atom. The third-order valence-electron chi connectivity index (χ3n) is 4.73. The third-order valence-corrected chi connectivity index (χ3v) is 8.57. The van der Waals surface area contributed by atoms with Gasteiger partial charge in [-0.05, 0) is 55.5 Å². The van der Waals surface area contributed by atoms with Crippen molar-refractivity contribution in [2.75, 3.05) is 35.5 Å². The molecule has 0 saturated heterocycles. The number of hydrogen-bond acceptors (Lipinski definition) is 5. The van der Waals surface area contributed by atoms with Crippen LogP contribution in [0.25, 0.3) is 0 Å². The molecule has 0 heterocycles. The maximum absolute atomic E-state index is 12.5. The number of nitrogens with zero attached hydrogens (tertiary/aromatic N) is 2. The Morgan fingerprint density at radius 1 is 0.867 bits per heavy atom. The lowest BCUT2D eigenvalue weighted by atomic mass is 10.2. The summed E-state index contributed by atoms with van der Waals surface area (Å²) in [5, 5.41) is 2.70. The fourth-order valence-electron chi connectivity index (χ4n) is 2.80. The molecule has 0 bridgehead atoms. The van der Waals surface area contributed by atoms with Crippen molar-refractivity contribution in [1.82, 2.24) is 4.31 Å². The molecule has 0 atom stereocenters. The first-order chi connectivity index (χ1) is 14.1. The Hall–Kier alpha value is -2.43. The van der Waals surface area contributed by atoms with Crippen LogP contribution >= 0.6 is 0 Å². The third kappa shape index (κ3) is 5.18. The molecule has 0 unspecified atom stereocenters. The minimum Gasteiger partial charge on any atom is -0.322 e. The van der Waals surface area contributed by atoms with Crippen LogP contribution in [0.1, 0.15) is 31.1 Å². The standard InChI is InChI=1S/C20H27N3O5S2/c1-5-23(6-2)30(27,28)19-14-10-17(11-15-19)21-20(24)16-8-12-18(13-9-16)22(4)29(25,26)7-3/h8-15H,5-7H2,1-4H3,(H,21,24). The molecule has 0 saturated carbocycles. The van der Waals surface area contributed by atoms with Gasteiger partial charge in [-0.15, -0.1) is 0 Å². The van der Waals surface area contributed by atoms with Gasteiger partial charge in [0, 0.05) is 31.4 Å².